The third-order valence-corrected chi connectivity index (χ3v) is 3.96. The van der Waals surface area contributed by atoms with Crippen LogP contribution in [0.25, 0.3) is 0 Å². The zero-order valence-corrected chi connectivity index (χ0v) is 15.5. The highest BCUT2D eigenvalue weighted by Gasteiger charge is 2.12. The first kappa shape index (κ1) is 18.5. The monoisotopic (exact) mass is 339 g/mol. The van der Waals surface area contributed by atoms with Gasteiger partial charge in [-0.05, 0) is 31.9 Å². The molecule has 0 radical (unpaired) electrons. The molecule has 132 valence electrons. The lowest BCUT2D eigenvalue weighted by Gasteiger charge is -2.13. The predicted molar refractivity (Wildman–Crippen MR) is 102 cm³/mol. The largest absolute Gasteiger partial charge is 0.397 e. The van der Waals surface area contributed by atoms with Gasteiger partial charge >= 0.3 is 0 Å². The minimum atomic E-state index is 0.357. The van der Waals surface area contributed by atoms with Crippen LogP contribution in [0.4, 0.5) is 0 Å². The van der Waals surface area contributed by atoms with E-state index in [1.807, 2.05) is 51.2 Å². The molecule has 0 unspecified atom stereocenters. The number of amidine groups is 1. The van der Waals surface area contributed by atoms with Gasteiger partial charge in [-0.3, -0.25) is 0 Å². The first-order valence-electron chi connectivity index (χ1n) is 8.18. The molecule has 0 spiro atoms. The van der Waals surface area contributed by atoms with Crippen molar-refractivity contribution in [3.63, 3.8) is 0 Å². The molecule has 0 saturated carbocycles. The van der Waals surface area contributed by atoms with Crippen LogP contribution in [-0.2, 0) is 16.3 Å². The van der Waals surface area contributed by atoms with E-state index in [0.29, 0.717) is 12.4 Å². The summed E-state index contributed by atoms with van der Waals surface area (Å²) in [6, 6.07) is 14.2. The Morgan fingerprint density at radius 3 is 2.40 bits per heavy atom. The molecule has 0 aliphatic carbocycles. The molecule has 2 rings (SSSR count). The number of aryl methyl sites for hydroxylation is 2. The summed E-state index contributed by atoms with van der Waals surface area (Å²) in [5.41, 5.74) is 6.18. The Morgan fingerprint density at radius 2 is 1.76 bits per heavy atom. The highest BCUT2D eigenvalue weighted by molar-refractivity contribution is 6.00. The zero-order chi connectivity index (χ0) is 18.2. The molecule has 25 heavy (non-hydrogen) atoms. The fourth-order valence-corrected chi connectivity index (χ4v) is 2.48. The molecule has 0 saturated heterocycles. The van der Waals surface area contributed by atoms with Crippen LogP contribution in [0.3, 0.4) is 0 Å². The van der Waals surface area contributed by atoms with E-state index in [-0.39, 0.29) is 0 Å². The summed E-state index contributed by atoms with van der Waals surface area (Å²) < 4.78 is 0. The summed E-state index contributed by atoms with van der Waals surface area (Å²) in [6.07, 6.45) is 0. The number of benzene rings is 2. The van der Waals surface area contributed by atoms with E-state index in [1.54, 1.807) is 0 Å². The van der Waals surface area contributed by atoms with Gasteiger partial charge in [-0.2, -0.15) is 0 Å². The van der Waals surface area contributed by atoms with Crippen LogP contribution in [0.5, 0.6) is 0 Å². The maximum Gasteiger partial charge on any atom is 0.173 e. The first-order valence-corrected chi connectivity index (χ1v) is 8.18. The van der Waals surface area contributed by atoms with Gasteiger partial charge in [0, 0.05) is 18.2 Å². The molecule has 0 fully saturated rings. The minimum absolute atomic E-state index is 0.357. The zero-order valence-electron chi connectivity index (χ0n) is 15.5. The average Bonchev–Trinajstić information content (AvgIpc) is 2.61. The summed E-state index contributed by atoms with van der Waals surface area (Å²) in [5.74, 6) is 0.657. The second-order valence-corrected chi connectivity index (χ2v) is 5.79. The number of rotatable bonds is 6. The second-order valence-electron chi connectivity index (χ2n) is 5.79. The fraction of sp³-hybridized carbons (Fsp3) is 0.300. The van der Waals surface area contributed by atoms with Gasteiger partial charge in [-0.25, -0.2) is 0 Å². The van der Waals surface area contributed by atoms with Crippen LogP contribution in [0.2, 0.25) is 0 Å². The third kappa shape index (κ3) is 4.83. The van der Waals surface area contributed by atoms with Crippen molar-refractivity contribution in [3.8, 4) is 0 Å². The molecular formula is C20H25N3O2. The van der Waals surface area contributed by atoms with Gasteiger partial charge in [0.25, 0.3) is 0 Å². The van der Waals surface area contributed by atoms with Gasteiger partial charge in [-0.1, -0.05) is 58.3 Å². The van der Waals surface area contributed by atoms with E-state index >= 15 is 0 Å². The van der Waals surface area contributed by atoms with Gasteiger partial charge < -0.3 is 15.0 Å². The topological polar surface area (TPSA) is 55.2 Å². The predicted octanol–water partition coefficient (Wildman–Crippen LogP) is 3.77. The van der Waals surface area contributed by atoms with E-state index in [0.717, 1.165) is 28.0 Å². The van der Waals surface area contributed by atoms with Gasteiger partial charge in [-0.15, -0.1) is 0 Å². The number of nitrogens with zero attached hydrogens (tertiary/aromatic N) is 2. The van der Waals surface area contributed by atoms with Crippen LogP contribution in [0.1, 0.15) is 34.7 Å². The lowest BCUT2D eigenvalue weighted by molar-refractivity contribution is 0.130. The molecule has 0 aliphatic rings. The fourth-order valence-electron chi connectivity index (χ4n) is 2.48. The quantitative estimate of drug-likeness (QED) is 0.495. The van der Waals surface area contributed by atoms with E-state index in [1.165, 1.54) is 12.7 Å². The van der Waals surface area contributed by atoms with E-state index in [2.05, 4.69) is 34.7 Å². The van der Waals surface area contributed by atoms with Crippen LogP contribution in [0, 0.1) is 13.8 Å². The van der Waals surface area contributed by atoms with Gasteiger partial charge in [0.05, 0.1) is 5.71 Å². The summed E-state index contributed by atoms with van der Waals surface area (Å²) >= 11 is 0. The van der Waals surface area contributed by atoms with Crippen molar-refractivity contribution < 1.29 is 9.68 Å². The van der Waals surface area contributed by atoms with Crippen LogP contribution in [-0.4, -0.2) is 25.7 Å². The molecule has 0 bridgehead atoms. The first-order chi connectivity index (χ1) is 12.1. The van der Waals surface area contributed by atoms with Crippen molar-refractivity contribution in [2.24, 2.45) is 10.3 Å². The minimum Gasteiger partial charge on any atom is -0.397 e. The third-order valence-electron chi connectivity index (χ3n) is 3.96. The number of hydrogen-bond acceptors (Lipinski definition) is 4. The van der Waals surface area contributed by atoms with Crippen molar-refractivity contribution >= 4 is 11.5 Å². The highest BCUT2D eigenvalue weighted by Crippen LogP contribution is 2.17. The number of hydrogen-bond donors (Lipinski definition) is 1. The standard InChI is InChI=1S/C20H25N3O2/c1-14-9-11-17(12-10-14)16(3)22-25-13-19-15(2)7-6-8-18(19)20(21-4)23-24-5/h6-12H,13H2,1-5H3,(H,21,23)/b22-16+. The molecule has 5 heteroatoms. The summed E-state index contributed by atoms with van der Waals surface area (Å²) in [7, 11) is 3.34. The Bertz CT molecular complexity index is 765. The van der Waals surface area contributed by atoms with Crippen molar-refractivity contribution in [2.45, 2.75) is 27.4 Å². The van der Waals surface area contributed by atoms with Crippen molar-refractivity contribution in [2.75, 3.05) is 14.2 Å². The molecular weight excluding hydrogens is 314 g/mol. The summed E-state index contributed by atoms with van der Waals surface area (Å²) in [4.78, 5) is 10.5. The Morgan fingerprint density at radius 1 is 1.04 bits per heavy atom. The highest BCUT2D eigenvalue weighted by atomic mass is 16.6. The molecule has 2 aromatic carbocycles. The molecule has 0 aliphatic heterocycles. The lowest BCUT2D eigenvalue weighted by atomic mass is 10.0. The Balaban J connectivity index is 2.19. The average molecular weight is 339 g/mol. The van der Waals surface area contributed by atoms with E-state index in [9.17, 15) is 0 Å². The lowest BCUT2D eigenvalue weighted by Crippen LogP contribution is -2.22. The van der Waals surface area contributed by atoms with E-state index in [4.69, 9.17) is 9.68 Å². The maximum atomic E-state index is 5.62. The SMILES string of the molecule is CN/C(=N/OC)c1cccc(C)c1CO/N=C(\C)c1ccc(C)cc1. The van der Waals surface area contributed by atoms with Crippen LogP contribution < -0.4 is 5.32 Å². The van der Waals surface area contributed by atoms with Crippen molar-refractivity contribution in [1.29, 1.82) is 0 Å². The molecule has 5 nitrogen and oxygen atoms in total. The molecule has 2 aromatic rings. The Labute approximate surface area is 149 Å². The van der Waals surface area contributed by atoms with Crippen molar-refractivity contribution in [1.82, 2.24) is 5.32 Å². The van der Waals surface area contributed by atoms with Gasteiger partial charge in [0.2, 0.25) is 0 Å². The molecule has 0 amide bonds. The maximum absolute atomic E-state index is 5.62. The second kappa shape index (κ2) is 8.87. The number of oxime groups is 2. The smallest absolute Gasteiger partial charge is 0.173 e. The molecule has 0 atom stereocenters. The van der Waals surface area contributed by atoms with Crippen LogP contribution in [0.15, 0.2) is 52.8 Å². The van der Waals surface area contributed by atoms with E-state index < -0.39 is 0 Å². The normalized spacial score (nSPS) is 12.0. The Kier molecular flexibility index (Phi) is 6.57. The number of nitrogens with one attached hydrogen (secondary N) is 1. The summed E-state index contributed by atoms with van der Waals surface area (Å²) in [6.45, 7) is 6.40. The Hall–Kier alpha value is -2.82. The molecule has 0 aromatic heterocycles. The molecule has 1 N–H and O–H groups in total. The van der Waals surface area contributed by atoms with Crippen molar-refractivity contribution in [3.05, 3.63) is 70.3 Å². The van der Waals surface area contributed by atoms with Gasteiger partial charge in [0.1, 0.15) is 13.7 Å². The summed E-state index contributed by atoms with van der Waals surface area (Å²) in [5, 5.41) is 11.3. The molecule has 0 heterocycles. The van der Waals surface area contributed by atoms with Crippen LogP contribution >= 0.6 is 0 Å². The van der Waals surface area contributed by atoms with Gasteiger partial charge in [0.15, 0.2) is 5.84 Å².